The molecule has 1 fully saturated rings. The molecular formula is C14H23N5O4S2. The van der Waals surface area contributed by atoms with E-state index in [4.69, 9.17) is 10.5 Å². The molecule has 6 N–H and O–H groups in total. The summed E-state index contributed by atoms with van der Waals surface area (Å²) in [6, 6.07) is 0. The quantitative estimate of drug-likeness (QED) is 0.349. The molecule has 0 amide bonds. The van der Waals surface area contributed by atoms with E-state index >= 15 is 0 Å². The monoisotopic (exact) mass is 389 g/mol. The highest BCUT2D eigenvalue weighted by molar-refractivity contribution is 8.77. The maximum Gasteiger partial charge on any atom is 0.265 e. The number of nitrogens with zero attached hydrogens (tertiary/aromatic N) is 3. The summed E-state index contributed by atoms with van der Waals surface area (Å²) in [5.41, 5.74) is 6.20. The van der Waals surface area contributed by atoms with Crippen LogP contribution in [0.2, 0.25) is 0 Å². The van der Waals surface area contributed by atoms with Gasteiger partial charge in [-0.15, -0.1) is 0 Å². The average molecular weight is 390 g/mol. The number of aliphatic hydroxyl groups excluding tert-OH is 2. The number of aliphatic hydroxyl groups is 3. The van der Waals surface area contributed by atoms with Gasteiger partial charge in [0.05, 0.1) is 19.0 Å². The third kappa shape index (κ3) is 3.62. The van der Waals surface area contributed by atoms with Crippen LogP contribution in [0.15, 0.2) is 11.3 Å². The molecule has 2 aliphatic rings. The van der Waals surface area contributed by atoms with Crippen molar-refractivity contribution in [3.05, 3.63) is 12.0 Å². The van der Waals surface area contributed by atoms with E-state index in [2.05, 4.69) is 29.1 Å². The smallest absolute Gasteiger partial charge is 0.265 e. The fourth-order valence-corrected chi connectivity index (χ4v) is 5.08. The first-order valence-electron chi connectivity index (χ1n) is 8.08. The summed E-state index contributed by atoms with van der Waals surface area (Å²) in [7, 11) is 2.71. The van der Waals surface area contributed by atoms with E-state index in [1.165, 1.54) is 27.9 Å². The molecule has 0 saturated carbocycles. The first-order chi connectivity index (χ1) is 11.9. The lowest BCUT2D eigenvalue weighted by Gasteiger charge is -2.28. The number of aromatic nitrogens is 2. The van der Waals surface area contributed by atoms with Gasteiger partial charge in [0.15, 0.2) is 5.96 Å². The number of ether oxygens (including phenoxy) is 1. The zero-order chi connectivity index (χ0) is 18.2. The van der Waals surface area contributed by atoms with E-state index in [0.29, 0.717) is 23.2 Å². The molecular weight excluding hydrogens is 366 g/mol. The molecule has 0 spiro atoms. The second-order valence-corrected chi connectivity index (χ2v) is 8.90. The number of anilines is 1. The van der Waals surface area contributed by atoms with E-state index in [-0.39, 0.29) is 12.6 Å². The van der Waals surface area contributed by atoms with Crippen molar-refractivity contribution in [3.63, 3.8) is 0 Å². The van der Waals surface area contributed by atoms with Gasteiger partial charge in [0.2, 0.25) is 0 Å². The largest absolute Gasteiger partial charge is 0.394 e. The number of nitrogens with one attached hydrogen (secondary N) is 1. The molecule has 3 heterocycles. The van der Waals surface area contributed by atoms with Gasteiger partial charge in [-0.2, -0.15) is 0 Å². The van der Waals surface area contributed by atoms with Crippen molar-refractivity contribution in [1.29, 1.82) is 0 Å². The van der Waals surface area contributed by atoms with Crippen LogP contribution in [0.3, 0.4) is 0 Å². The number of imidazole rings is 1. The molecule has 11 heteroatoms. The van der Waals surface area contributed by atoms with E-state index in [1.807, 2.05) is 0 Å². The molecule has 0 bridgehead atoms. The molecule has 25 heavy (non-hydrogen) atoms. The summed E-state index contributed by atoms with van der Waals surface area (Å²) in [5, 5.41) is 31.8. The predicted molar refractivity (Wildman–Crippen MR) is 97.9 cm³/mol. The Labute approximate surface area is 153 Å². The summed E-state index contributed by atoms with van der Waals surface area (Å²) in [4.78, 5) is 8.42. The maximum absolute atomic E-state index is 11.0. The van der Waals surface area contributed by atoms with Gasteiger partial charge in [0.25, 0.3) is 5.06 Å². The molecule has 0 radical (unpaired) electrons. The molecule has 5 atom stereocenters. The number of fused-ring (bicyclic) bond motifs is 1. The van der Waals surface area contributed by atoms with Gasteiger partial charge in [-0.05, 0) is 17.2 Å². The van der Waals surface area contributed by atoms with Gasteiger partial charge in [-0.25, -0.2) is 9.98 Å². The van der Waals surface area contributed by atoms with Crippen molar-refractivity contribution in [3.8, 4) is 0 Å². The molecule has 2 aliphatic heterocycles. The molecule has 1 aromatic rings. The highest BCUT2D eigenvalue weighted by atomic mass is 33.1. The minimum atomic E-state index is -1.60. The second-order valence-electron chi connectivity index (χ2n) is 6.09. The van der Waals surface area contributed by atoms with Crippen LogP contribution >= 0.6 is 21.6 Å². The third-order valence-electron chi connectivity index (χ3n) is 4.22. The molecule has 0 aromatic carbocycles. The van der Waals surface area contributed by atoms with Crippen LogP contribution in [0.4, 0.5) is 5.82 Å². The Morgan fingerprint density at radius 2 is 2.36 bits per heavy atom. The fraction of sp³-hybridized carbons (Fsp3) is 0.714. The molecule has 140 valence electrons. The van der Waals surface area contributed by atoms with Gasteiger partial charge in [0.1, 0.15) is 23.8 Å². The van der Waals surface area contributed by atoms with E-state index in [1.54, 1.807) is 4.57 Å². The Morgan fingerprint density at radius 1 is 1.60 bits per heavy atom. The zero-order valence-electron chi connectivity index (χ0n) is 14.0. The molecule has 1 saturated heterocycles. The first kappa shape index (κ1) is 18.8. The minimum absolute atomic E-state index is 0.0752. The van der Waals surface area contributed by atoms with Crippen molar-refractivity contribution in [2.24, 2.45) is 10.7 Å². The number of hydrogen-bond acceptors (Lipinski definition) is 10. The summed E-state index contributed by atoms with van der Waals surface area (Å²) in [5.74, 6) is 0.550. The fourth-order valence-electron chi connectivity index (χ4n) is 2.63. The zero-order valence-corrected chi connectivity index (χ0v) is 15.6. The number of aliphatic imine (C=N–C) groups is 1. The van der Waals surface area contributed by atoms with Crippen LogP contribution in [-0.4, -0.2) is 54.9 Å². The van der Waals surface area contributed by atoms with Gasteiger partial charge < -0.3 is 31.1 Å². The topological polar surface area (TPSA) is 138 Å². The lowest BCUT2D eigenvalue weighted by atomic mass is 10.2. The van der Waals surface area contributed by atoms with E-state index in [9.17, 15) is 15.3 Å². The average Bonchev–Trinajstić information content (AvgIpc) is 3.16. The van der Waals surface area contributed by atoms with Gasteiger partial charge in [0, 0.05) is 11.7 Å². The van der Waals surface area contributed by atoms with Crippen LogP contribution in [0.1, 0.15) is 38.6 Å². The van der Waals surface area contributed by atoms with Crippen LogP contribution < -0.4 is 11.1 Å². The third-order valence-corrected chi connectivity index (χ3v) is 7.47. The van der Waals surface area contributed by atoms with Crippen LogP contribution in [0, 0.1) is 0 Å². The van der Waals surface area contributed by atoms with Crippen molar-refractivity contribution >= 4 is 33.4 Å². The Morgan fingerprint density at radius 3 is 3.00 bits per heavy atom. The Kier molecular flexibility index (Phi) is 5.51. The molecule has 9 nitrogen and oxygen atoms in total. The Hall–Kier alpha value is -0.980. The second kappa shape index (κ2) is 7.33. The van der Waals surface area contributed by atoms with Gasteiger partial charge in [-0.1, -0.05) is 24.6 Å². The van der Waals surface area contributed by atoms with Crippen LogP contribution in [0.25, 0.3) is 0 Å². The molecule has 0 aliphatic carbocycles. The molecule has 2 unspecified atom stereocenters. The SMILES string of the molecule is CCC(C)SSC1(O)N=C(N)Nc2c1ncn2[C@H]1C[C@H](O)[C@@H](CO)O1. The van der Waals surface area contributed by atoms with Gasteiger partial charge in [-0.3, -0.25) is 4.57 Å². The molecule has 1 aromatic heterocycles. The highest BCUT2D eigenvalue weighted by Gasteiger charge is 2.43. The predicted octanol–water partition coefficient (Wildman–Crippen LogP) is 0.546. The summed E-state index contributed by atoms with van der Waals surface area (Å²) < 4.78 is 7.32. The van der Waals surface area contributed by atoms with Crippen molar-refractivity contribution < 1.29 is 20.1 Å². The minimum Gasteiger partial charge on any atom is -0.394 e. The first-order valence-corrected chi connectivity index (χ1v) is 10.3. The van der Waals surface area contributed by atoms with Gasteiger partial charge >= 0.3 is 0 Å². The Bertz CT molecular complexity index is 657. The van der Waals surface area contributed by atoms with Crippen LogP contribution in [0.5, 0.6) is 0 Å². The summed E-state index contributed by atoms with van der Waals surface area (Å²) in [6.45, 7) is 3.87. The number of hydrogen-bond donors (Lipinski definition) is 5. The summed E-state index contributed by atoms with van der Waals surface area (Å²) in [6.07, 6.45) is 0.854. The highest BCUT2D eigenvalue weighted by Crippen LogP contribution is 2.49. The van der Waals surface area contributed by atoms with E-state index in [0.717, 1.165) is 6.42 Å². The number of nitrogens with two attached hydrogens (primary N) is 1. The number of guanidine groups is 1. The van der Waals surface area contributed by atoms with Crippen molar-refractivity contribution in [1.82, 2.24) is 9.55 Å². The van der Waals surface area contributed by atoms with Crippen LogP contribution in [-0.2, 0) is 9.79 Å². The standard InChI is InChI=1S/C14H23N5O4S2/c1-3-7(2)24-25-14(22)11-12(17-13(15)18-14)19(6-16-11)10-4-8(21)9(5-20)23-10/h6-10,20-22H,3-5H2,1-2H3,(H3,15,17,18)/t7?,8-,9+,10+,14?/m0/s1. The lowest BCUT2D eigenvalue weighted by Crippen LogP contribution is -2.36. The Balaban J connectivity index is 1.86. The normalized spacial score (nSPS) is 32.8. The number of rotatable bonds is 6. The molecule has 3 rings (SSSR count). The summed E-state index contributed by atoms with van der Waals surface area (Å²) >= 11 is 0. The van der Waals surface area contributed by atoms with Crippen molar-refractivity contribution in [2.45, 2.75) is 55.4 Å². The lowest BCUT2D eigenvalue weighted by molar-refractivity contribution is -0.0437. The maximum atomic E-state index is 11.0. The van der Waals surface area contributed by atoms with Crippen molar-refractivity contribution in [2.75, 3.05) is 11.9 Å². The van der Waals surface area contributed by atoms with E-state index < -0.39 is 23.5 Å².